The van der Waals surface area contributed by atoms with Crippen molar-refractivity contribution in [3.05, 3.63) is 60.2 Å². The number of nitrogens with zero attached hydrogens (tertiary/aromatic N) is 1. The third kappa shape index (κ3) is 3.04. The molecule has 7 heteroatoms. The smallest absolute Gasteiger partial charge is 0.224 e. The summed E-state index contributed by atoms with van der Waals surface area (Å²) in [6.45, 7) is 0.468. The van der Waals surface area contributed by atoms with Crippen molar-refractivity contribution in [2.75, 3.05) is 12.8 Å². The Morgan fingerprint density at radius 1 is 0.870 bits per heavy atom. The molecule has 0 aliphatic carbocycles. The quantitative estimate of drug-likeness (QED) is 0.847. The Morgan fingerprint density at radius 3 is 1.91 bits per heavy atom. The zero-order chi connectivity index (χ0) is 16.7. The molecule has 1 heterocycles. The Balaban J connectivity index is 1.90. The first-order chi connectivity index (χ1) is 10.8. The summed E-state index contributed by atoms with van der Waals surface area (Å²) in [5, 5.41) is 0. The van der Waals surface area contributed by atoms with Crippen molar-refractivity contribution < 1.29 is 16.8 Å². The summed E-state index contributed by atoms with van der Waals surface area (Å²) in [6, 6.07) is 14.7. The van der Waals surface area contributed by atoms with Gasteiger partial charge in [0.05, 0.1) is 15.8 Å². The van der Waals surface area contributed by atoms with E-state index in [4.69, 9.17) is 0 Å². The van der Waals surface area contributed by atoms with Crippen molar-refractivity contribution in [3.8, 4) is 0 Å². The second-order valence-electron chi connectivity index (χ2n) is 5.57. The molecule has 5 nitrogen and oxygen atoms in total. The molecule has 0 amide bonds. The molecule has 122 valence electrons. The van der Waals surface area contributed by atoms with Gasteiger partial charge in [-0.15, -0.1) is 0 Å². The molecule has 0 N–H and O–H groups in total. The SMILES string of the molecule is CS(=O)(=O)c1ccc(S(=O)(=O)N2CC[C@H]2c2ccccc2)cc1. The molecular weight excluding hydrogens is 334 g/mol. The van der Waals surface area contributed by atoms with E-state index in [1.165, 1.54) is 28.6 Å². The lowest BCUT2D eigenvalue weighted by Gasteiger charge is -2.40. The highest BCUT2D eigenvalue weighted by atomic mass is 32.2. The van der Waals surface area contributed by atoms with Crippen LogP contribution in [0.1, 0.15) is 18.0 Å². The van der Waals surface area contributed by atoms with Gasteiger partial charge >= 0.3 is 0 Å². The standard InChI is InChI=1S/C16H17NO4S2/c1-22(18,19)14-7-9-15(10-8-14)23(20,21)17-12-11-16(17)13-5-3-2-4-6-13/h2-10,16H,11-12H2,1H3/t16-/m0/s1. The van der Waals surface area contributed by atoms with Crippen molar-refractivity contribution >= 4 is 19.9 Å². The Hall–Kier alpha value is -1.70. The van der Waals surface area contributed by atoms with Crippen LogP contribution in [-0.4, -0.2) is 33.9 Å². The van der Waals surface area contributed by atoms with Gasteiger partial charge in [-0.25, -0.2) is 16.8 Å². The fourth-order valence-electron chi connectivity index (χ4n) is 2.65. The van der Waals surface area contributed by atoms with Crippen LogP contribution >= 0.6 is 0 Å². The van der Waals surface area contributed by atoms with Crippen LogP contribution in [0.5, 0.6) is 0 Å². The maximum absolute atomic E-state index is 12.7. The molecule has 23 heavy (non-hydrogen) atoms. The monoisotopic (exact) mass is 351 g/mol. The van der Waals surface area contributed by atoms with Crippen LogP contribution in [0.15, 0.2) is 64.4 Å². The van der Waals surface area contributed by atoms with E-state index in [0.29, 0.717) is 6.54 Å². The fraction of sp³-hybridized carbons (Fsp3) is 0.250. The van der Waals surface area contributed by atoms with Crippen molar-refractivity contribution in [1.29, 1.82) is 0 Å². The predicted molar refractivity (Wildman–Crippen MR) is 87.2 cm³/mol. The van der Waals surface area contributed by atoms with Crippen molar-refractivity contribution in [3.63, 3.8) is 0 Å². The van der Waals surface area contributed by atoms with Crippen LogP contribution in [0, 0.1) is 0 Å². The fourth-order valence-corrected chi connectivity index (χ4v) is 4.94. The largest absolute Gasteiger partial charge is 0.243 e. The number of sulfonamides is 1. The normalized spacial score (nSPS) is 19.3. The molecule has 1 fully saturated rings. The molecule has 1 saturated heterocycles. The summed E-state index contributed by atoms with van der Waals surface area (Å²) in [4.78, 5) is 0.227. The Labute approximate surface area is 136 Å². The topological polar surface area (TPSA) is 71.5 Å². The van der Waals surface area contributed by atoms with Crippen LogP contribution in [0.25, 0.3) is 0 Å². The average molecular weight is 351 g/mol. The summed E-state index contributed by atoms with van der Waals surface area (Å²) in [5.41, 5.74) is 0.968. The van der Waals surface area contributed by atoms with Gasteiger partial charge in [-0.05, 0) is 36.2 Å². The van der Waals surface area contributed by atoms with Gasteiger partial charge in [0, 0.05) is 12.8 Å². The van der Waals surface area contributed by atoms with Crippen LogP contribution in [0.3, 0.4) is 0 Å². The van der Waals surface area contributed by atoms with Gasteiger partial charge in [-0.3, -0.25) is 0 Å². The van der Waals surface area contributed by atoms with Crippen LogP contribution in [0.4, 0.5) is 0 Å². The zero-order valence-electron chi connectivity index (χ0n) is 12.6. The molecule has 1 aliphatic rings. The van der Waals surface area contributed by atoms with Crippen LogP contribution in [-0.2, 0) is 19.9 Å². The number of sulfone groups is 1. The third-order valence-electron chi connectivity index (χ3n) is 4.01. The molecule has 2 aromatic carbocycles. The number of rotatable bonds is 4. The summed E-state index contributed by atoms with van der Waals surface area (Å²) in [5.74, 6) is 0. The summed E-state index contributed by atoms with van der Waals surface area (Å²) >= 11 is 0. The van der Waals surface area contributed by atoms with E-state index in [1.807, 2.05) is 30.3 Å². The summed E-state index contributed by atoms with van der Waals surface area (Å²) < 4.78 is 49.9. The second kappa shape index (κ2) is 5.74. The van der Waals surface area contributed by atoms with Gasteiger partial charge in [0.25, 0.3) is 0 Å². The molecule has 0 aromatic heterocycles. The van der Waals surface area contributed by atoms with E-state index >= 15 is 0 Å². The zero-order valence-corrected chi connectivity index (χ0v) is 14.2. The molecule has 0 spiro atoms. The molecule has 1 aliphatic heterocycles. The van der Waals surface area contributed by atoms with Gasteiger partial charge in [0.1, 0.15) is 0 Å². The predicted octanol–water partition coefficient (Wildman–Crippen LogP) is 2.23. The molecule has 0 radical (unpaired) electrons. The Morgan fingerprint density at radius 2 is 1.43 bits per heavy atom. The lowest BCUT2D eigenvalue weighted by Crippen LogP contribution is -2.44. The highest BCUT2D eigenvalue weighted by Crippen LogP contribution is 2.38. The molecule has 0 unspecified atom stereocenters. The number of benzene rings is 2. The van der Waals surface area contributed by atoms with Crippen LogP contribution in [0.2, 0.25) is 0 Å². The van der Waals surface area contributed by atoms with E-state index in [-0.39, 0.29) is 15.8 Å². The Bertz CT molecular complexity index is 904. The summed E-state index contributed by atoms with van der Waals surface area (Å²) in [7, 11) is -6.96. The van der Waals surface area contributed by atoms with Crippen LogP contribution < -0.4 is 0 Å². The van der Waals surface area contributed by atoms with Gasteiger partial charge in [0.15, 0.2) is 9.84 Å². The highest BCUT2D eigenvalue weighted by Gasteiger charge is 2.39. The lowest BCUT2D eigenvalue weighted by atomic mass is 9.98. The van der Waals surface area contributed by atoms with Gasteiger partial charge in [-0.2, -0.15) is 4.31 Å². The molecule has 3 rings (SSSR count). The van der Waals surface area contributed by atoms with E-state index in [2.05, 4.69) is 0 Å². The Kier molecular flexibility index (Phi) is 4.03. The third-order valence-corrected chi connectivity index (χ3v) is 7.06. The number of hydrogen-bond donors (Lipinski definition) is 0. The minimum Gasteiger partial charge on any atom is -0.224 e. The molecule has 2 aromatic rings. The maximum Gasteiger partial charge on any atom is 0.243 e. The molecular formula is C16H17NO4S2. The first kappa shape index (κ1) is 16.2. The molecule has 0 bridgehead atoms. The maximum atomic E-state index is 12.7. The van der Waals surface area contributed by atoms with Crippen molar-refractivity contribution in [1.82, 2.24) is 4.31 Å². The molecule has 0 saturated carbocycles. The average Bonchev–Trinajstić information content (AvgIpc) is 2.46. The van der Waals surface area contributed by atoms with Gasteiger partial charge < -0.3 is 0 Å². The second-order valence-corrected chi connectivity index (χ2v) is 9.48. The van der Waals surface area contributed by atoms with E-state index in [0.717, 1.165) is 18.2 Å². The van der Waals surface area contributed by atoms with Gasteiger partial charge in [0.2, 0.25) is 10.0 Å². The lowest BCUT2D eigenvalue weighted by molar-refractivity contribution is 0.202. The highest BCUT2D eigenvalue weighted by molar-refractivity contribution is 7.90. The first-order valence-electron chi connectivity index (χ1n) is 7.17. The summed E-state index contributed by atoms with van der Waals surface area (Å²) in [6.07, 6.45) is 1.88. The molecule has 1 atom stereocenters. The minimum absolute atomic E-state index is 0.111. The van der Waals surface area contributed by atoms with Crippen molar-refractivity contribution in [2.45, 2.75) is 22.3 Å². The van der Waals surface area contributed by atoms with E-state index in [9.17, 15) is 16.8 Å². The minimum atomic E-state index is -3.62. The van der Waals surface area contributed by atoms with Gasteiger partial charge in [-0.1, -0.05) is 30.3 Å². The van der Waals surface area contributed by atoms with E-state index < -0.39 is 19.9 Å². The number of hydrogen-bond acceptors (Lipinski definition) is 4. The first-order valence-corrected chi connectivity index (χ1v) is 10.5. The van der Waals surface area contributed by atoms with E-state index in [1.54, 1.807) is 0 Å². The van der Waals surface area contributed by atoms with Crippen molar-refractivity contribution in [2.24, 2.45) is 0 Å².